The molecule has 1 unspecified atom stereocenters. The number of carbonyl (C=O) groups is 1. The zero-order valence-electron chi connectivity index (χ0n) is 18.7. The third kappa shape index (κ3) is 7.13. The van der Waals surface area contributed by atoms with Crippen molar-refractivity contribution in [3.8, 4) is 5.75 Å². The molecule has 7 heteroatoms. The number of aryl methyl sites for hydroxylation is 2. The quantitative estimate of drug-likeness (QED) is 0.314. The number of guanidine groups is 1. The van der Waals surface area contributed by atoms with Gasteiger partial charge in [-0.25, -0.2) is 0 Å². The van der Waals surface area contributed by atoms with Crippen LogP contribution in [0.5, 0.6) is 5.75 Å². The van der Waals surface area contributed by atoms with Gasteiger partial charge in [0.1, 0.15) is 5.75 Å². The van der Waals surface area contributed by atoms with Gasteiger partial charge in [-0.3, -0.25) is 9.79 Å². The molecule has 1 aromatic carbocycles. The Hall–Kier alpha value is -2.96. The molecular formula is C23H34N4O3. The highest BCUT2D eigenvalue weighted by Crippen LogP contribution is 2.22. The summed E-state index contributed by atoms with van der Waals surface area (Å²) in [6, 6.07) is 8.02. The highest BCUT2D eigenvalue weighted by atomic mass is 16.5. The molecule has 1 aromatic heterocycles. The first-order valence-corrected chi connectivity index (χ1v) is 10.5. The fourth-order valence-corrected chi connectivity index (χ4v) is 2.80. The minimum atomic E-state index is -0.187. The molecule has 7 nitrogen and oxygen atoms in total. The van der Waals surface area contributed by atoms with Crippen molar-refractivity contribution in [2.75, 3.05) is 20.1 Å². The maximum Gasteiger partial charge on any atom is 0.287 e. The van der Waals surface area contributed by atoms with Gasteiger partial charge in [0.05, 0.1) is 12.4 Å². The normalized spacial score (nSPS) is 12.4. The van der Waals surface area contributed by atoms with E-state index in [-0.39, 0.29) is 12.0 Å². The fourth-order valence-electron chi connectivity index (χ4n) is 2.80. The second-order valence-corrected chi connectivity index (χ2v) is 7.34. The first-order valence-electron chi connectivity index (χ1n) is 10.5. The van der Waals surface area contributed by atoms with Crippen molar-refractivity contribution in [1.82, 2.24) is 16.0 Å². The molecule has 0 bridgehead atoms. The standard InChI is InChI=1S/C23H34N4O3/c1-6-18(4)30-20-14-16(2)8-9-19(20)15-27-23(24-5)26-12-7-11-25-22(28)21-17(3)10-13-29-21/h8-10,13-14,18H,6-7,11-12,15H2,1-5H3,(H,25,28)(H2,24,26,27). The van der Waals surface area contributed by atoms with E-state index in [4.69, 9.17) is 9.15 Å². The SMILES string of the molecule is CCC(C)Oc1cc(C)ccc1CNC(=NC)NCCCNC(=O)c1occc1C. The number of hydrogen-bond acceptors (Lipinski definition) is 4. The summed E-state index contributed by atoms with van der Waals surface area (Å²) in [5.41, 5.74) is 3.10. The molecule has 0 saturated carbocycles. The molecule has 3 N–H and O–H groups in total. The zero-order valence-corrected chi connectivity index (χ0v) is 18.7. The Kier molecular flexibility index (Phi) is 9.25. The van der Waals surface area contributed by atoms with Gasteiger partial charge in [0, 0.05) is 37.8 Å². The summed E-state index contributed by atoms with van der Waals surface area (Å²) < 4.78 is 11.3. The van der Waals surface area contributed by atoms with Crippen LogP contribution in [0.2, 0.25) is 0 Å². The number of aliphatic imine (C=N–C) groups is 1. The molecule has 0 fully saturated rings. The van der Waals surface area contributed by atoms with Crippen LogP contribution in [0.1, 0.15) is 53.9 Å². The second-order valence-electron chi connectivity index (χ2n) is 7.34. The molecule has 2 aromatic rings. The molecule has 164 valence electrons. The van der Waals surface area contributed by atoms with Crippen LogP contribution in [-0.4, -0.2) is 38.1 Å². The summed E-state index contributed by atoms with van der Waals surface area (Å²) >= 11 is 0. The summed E-state index contributed by atoms with van der Waals surface area (Å²) in [6.45, 7) is 9.94. The average molecular weight is 415 g/mol. The number of nitrogens with one attached hydrogen (secondary N) is 3. The molecule has 1 atom stereocenters. The van der Waals surface area contributed by atoms with Crippen LogP contribution in [0.4, 0.5) is 0 Å². The van der Waals surface area contributed by atoms with Crippen molar-refractivity contribution in [3.63, 3.8) is 0 Å². The predicted molar refractivity (Wildman–Crippen MR) is 120 cm³/mol. The highest BCUT2D eigenvalue weighted by molar-refractivity contribution is 5.92. The minimum Gasteiger partial charge on any atom is -0.490 e. The largest absolute Gasteiger partial charge is 0.490 e. The van der Waals surface area contributed by atoms with Crippen LogP contribution in [-0.2, 0) is 6.54 Å². The number of rotatable bonds is 10. The van der Waals surface area contributed by atoms with Crippen LogP contribution in [0.25, 0.3) is 0 Å². The van der Waals surface area contributed by atoms with Crippen molar-refractivity contribution in [2.24, 2.45) is 4.99 Å². The van der Waals surface area contributed by atoms with Crippen LogP contribution in [0.15, 0.2) is 39.9 Å². The van der Waals surface area contributed by atoms with Gasteiger partial charge < -0.3 is 25.1 Å². The lowest BCUT2D eigenvalue weighted by Crippen LogP contribution is -2.38. The maximum atomic E-state index is 12.0. The Morgan fingerprint density at radius 1 is 1.17 bits per heavy atom. The summed E-state index contributed by atoms with van der Waals surface area (Å²) in [5, 5.41) is 9.45. The number of carbonyl (C=O) groups excluding carboxylic acids is 1. The third-order valence-corrected chi connectivity index (χ3v) is 4.80. The first kappa shape index (κ1) is 23.3. The Labute approximate surface area is 179 Å². The van der Waals surface area contributed by atoms with Crippen molar-refractivity contribution >= 4 is 11.9 Å². The number of hydrogen-bond donors (Lipinski definition) is 3. The van der Waals surface area contributed by atoms with E-state index in [9.17, 15) is 4.79 Å². The number of furan rings is 1. The van der Waals surface area contributed by atoms with E-state index < -0.39 is 0 Å². The third-order valence-electron chi connectivity index (χ3n) is 4.80. The lowest BCUT2D eigenvalue weighted by atomic mass is 10.1. The molecule has 0 aliphatic heterocycles. The summed E-state index contributed by atoms with van der Waals surface area (Å²) in [5.74, 6) is 1.80. The van der Waals surface area contributed by atoms with Crippen molar-refractivity contribution in [2.45, 2.75) is 53.2 Å². The molecule has 30 heavy (non-hydrogen) atoms. The number of ether oxygens (including phenoxy) is 1. The Morgan fingerprint density at radius 3 is 2.60 bits per heavy atom. The summed E-state index contributed by atoms with van der Waals surface area (Å²) in [7, 11) is 1.74. The van der Waals surface area contributed by atoms with Crippen LogP contribution in [0.3, 0.4) is 0 Å². The van der Waals surface area contributed by atoms with Gasteiger partial charge in [-0.05, 0) is 51.3 Å². The monoisotopic (exact) mass is 414 g/mol. The van der Waals surface area contributed by atoms with Gasteiger partial charge in [0.15, 0.2) is 11.7 Å². The van der Waals surface area contributed by atoms with Gasteiger partial charge in [0.2, 0.25) is 0 Å². The van der Waals surface area contributed by atoms with Gasteiger partial charge >= 0.3 is 0 Å². The molecule has 0 saturated heterocycles. The Morgan fingerprint density at radius 2 is 1.93 bits per heavy atom. The fraction of sp³-hybridized carbons (Fsp3) is 0.478. The van der Waals surface area contributed by atoms with Crippen molar-refractivity contribution in [1.29, 1.82) is 0 Å². The first-order chi connectivity index (χ1) is 14.4. The molecule has 0 aliphatic carbocycles. The molecule has 0 spiro atoms. The van der Waals surface area contributed by atoms with Crippen molar-refractivity contribution < 1.29 is 13.9 Å². The van der Waals surface area contributed by atoms with Crippen LogP contribution >= 0.6 is 0 Å². The topological polar surface area (TPSA) is 87.9 Å². The van der Waals surface area contributed by atoms with Gasteiger partial charge in [-0.2, -0.15) is 0 Å². The van der Waals surface area contributed by atoms with Gasteiger partial charge in [-0.15, -0.1) is 0 Å². The van der Waals surface area contributed by atoms with E-state index in [2.05, 4.69) is 59.9 Å². The maximum absolute atomic E-state index is 12.0. The lowest BCUT2D eigenvalue weighted by molar-refractivity contribution is 0.0925. The number of nitrogens with zero attached hydrogens (tertiary/aromatic N) is 1. The average Bonchev–Trinajstić information content (AvgIpc) is 3.16. The zero-order chi connectivity index (χ0) is 21.9. The Balaban J connectivity index is 1.76. The van der Waals surface area contributed by atoms with Crippen molar-refractivity contribution in [3.05, 3.63) is 53.0 Å². The molecular weight excluding hydrogens is 380 g/mol. The summed E-state index contributed by atoms with van der Waals surface area (Å²) in [4.78, 5) is 16.3. The summed E-state index contributed by atoms with van der Waals surface area (Å²) in [6.07, 6.45) is 3.41. The van der Waals surface area contributed by atoms with Gasteiger partial charge in [-0.1, -0.05) is 19.1 Å². The van der Waals surface area contributed by atoms with E-state index >= 15 is 0 Å². The van der Waals surface area contributed by atoms with E-state index in [1.54, 1.807) is 13.1 Å². The molecule has 0 radical (unpaired) electrons. The molecule has 1 amide bonds. The molecule has 0 aliphatic rings. The Bertz CT molecular complexity index is 845. The molecule has 2 rings (SSSR count). The van der Waals surface area contributed by atoms with Crippen LogP contribution < -0.4 is 20.7 Å². The van der Waals surface area contributed by atoms with Gasteiger partial charge in [0.25, 0.3) is 5.91 Å². The smallest absolute Gasteiger partial charge is 0.287 e. The second kappa shape index (κ2) is 11.9. The minimum absolute atomic E-state index is 0.170. The van der Waals surface area contributed by atoms with E-state index in [1.807, 2.05) is 6.92 Å². The molecule has 1 heterocycles. The van der Waals surface area contributed by atoms with Crippen LogP contribution in [0, 0.1) is 13.8 Å². The highest BCUT2D eigenvalue weighted by Gasteiger charge is 2.11. The van der Waals surface area contributed by atoms with E-state index in [0.29, 0.717) is 31.4 Å². The number of benzene rings is 1. The van der Waals surface area contributed by atoms with E-state index in [0.717, 1.165) is 29.7 Å². The predicted octanol–water partition coefficient (Wildman–Crippen LogP) is 3.56. The lowest BCUT2D eigenvalue weighted by Gasteiger charge is -2.18. The van der Waals surface area contributed by atoms with E-state index in [1.165, 1.54) is 11.8 Å². The number of amides is 1.